The molecule has 0 atom stereocenters. The van der Waals surface area contributed by atoms with E-state index in [1.54, 1.807) is 0 Å². The van der Waals surface area contributed by atoms with Gasteiger partial charge in [-0.2, -0.15) is 8.78 Å². The molecule has 0 saturated heterocycles. The van der Waals surface area contributed by atoms with Crippen molar-refractivity contribution in [2.45, 2.75) is 18.3 Å². The number of alkyl halides is 4. The van der Waals surface area contributed by atoms with Gasteiger partial charge in [-0.25, -0.2) is 8.78 Å². The van der Waals surface area contributed by atoms with Crippen LogP contribution in [0.25, 0.3) is 0 Å². The van der Waals surface area contributed by atoms with Gasteiger partial charge in [0.1, 0.15) is 13.2 Å². The molecule has 0 radical (unpaired) electrons. The third kappa shape index (κ3) is 4.20. The zero-order valence-electron chi connectivity index (χ0n) is 9.14. The quantitative estimate of drug-likeness (QED) is 0.483. The summed E-state index contributed by atoms with van der Waals surface area (Å²) in [4.78, 5) is 0. The Morgan fingerprint density at radius 2 is 1.38 bits per heavy atom. The van der Waals surface area contributed by atoms with Gasteiger partial charge in [0.05, 0.1) is 0 Å². The molecule has 0 spiro atoms. The molecule has 0 aromatic heterocycles. The van der Waals surface area contributed by atoms with Gasteiger partial charge in [0.25, 0.3) is 0 Å². The molecule has 0 heterocycles. The predicted molar refractivity (Wildman–Crippen MR) is 45.5 cm³/mol. The SMILES string of the molecule is COC(COCC(F)(F)C(F)F)(OC)OC. The van der Waals surface area contributed by atoms with Crippen molar-refractivity contribution >= 4 is 0 Å². The Morgan fingerprint density at radius 3 is 1.69 bits per heavy atom. The number of hydrogen-bond acceptors (Lipinski definition) is 4. The van der Waals surface area contributed by atoms with E-state index in [1.807, 2.05) is 0 Å². The Hall–Kier alpha value is -0.440. The highest BCUT2D eigenvalue weighted by atomic mass is 19.3. The first-order valence-corrected chi connectivity index (χ1v) is 4.22. The summed E-state index contributed by atoms with van der Waals surface area (Å²) in [5.41, 5.74) is 0. The van der Waals surface area contributed by atoms with E-state index in [9.17, 15) is 17.6 Å². The maximum atomic E-state index is 12.4. The lowest BCUT2D eigenvalue weighted by Crippen LogP contribution is -2.43. The Kier molecular flexibility index (Phi) is 6.16. The molecule has 98 valence electrons. The minimum absolute atomic E-state index is 0.557. The normalized spacial score (nSPS) is 13.5. The van der Waals surface area contributed by atoms with Crippen molar-refractivity contribution in [3.05, 3.63) is 0 Å². The lowest BCUT2D eigenvalue weighted by molar-refractivity contribution is -0.371. The lowest BCUT2D eigenvalue weighted by atomic mass is 10.4. The van der Waals surface area contributed by atoms with E-state index < -0.39 is 31.5 Å². The van der Waals surface area contributed by atoms with E-state index in [2.05, 4.69) is 4.74 Å². The van der Waals surface area contributed by atoms with E-state index >= 15 is 0 Å². The molecule has 8 heteroatoms. The molecular formula is C8H14F4O4. The van der Waals surface area contributed by atoms with E-state index in [1.165, 1.54) is 21.3 Å². The zero-order chi connectivity index (χ0) is 12.8. The van der Waals surface area contributed by atoms with E-state index in [0.717, 1.165) is 0 Å². The molecule has 0 aromatic rings. The first-order chi connectivity index (χ1) is 7.33. The molecular weight excluding hydrogens is 236 g/mol. The molecule has 0 aliphatic rings. The first kappa shape index (κ1) is 15.6. The van der Waals surface area contributed by atoms with Crippen molar-refractivity contribution in [3.8, 4) is 0 Å². The summed E-state index contributed by atoms with van der Waals surface area (Å²) in [5.74, 6) is -5.88. The molecule has 0 aliphatic carbocycles. The average Bonchev–Trinajstić information content (AvgIpc) is 2.25. The Balaban J connectivity index is 4.14. The third-order valence-corrected chi connectivity index (χ3v) is 1.83. The summed E-state index contributed by atoms with van der Waals surface area (Å²) in [6.45, 7) is -2.00. The monoisotopic (exact) mass is 250 g/mol. The van der Waals surface area contributed by atoms with Gasteiger partial charge < -0.3 is 18.9 Å². The fraction of sp³-hybridized carbons (Fsp3) is 1.00. The lowest BCUT2D eigenvalue weighted by Gasteiger charge is -2.28. The number of methoxy groups -OCH3 is 3. The first-order valence-electron chi connectivity index (χ1n) is 4.22. The number of ether oxygens (including phenoxy) is 4. The number of rotatable bonds is 8. The summed E-state index contributed by atoms with van der Waals surface area (Å²) < 4.78 is 66.9. The average molecular weight is 250 g/mol. The largest absolute Gasteiger partial charge is 0.367 e. The molecule has 0 aliphatic heterocycles. The fourth-order valence-electron chi connectivity index (χ4n) is 0.802. The zero-order valence-corrected chi connectivity index (χ0v) is 9.14. The van der Waals surface area contributed by atoms with Crippen LogP contribution in [0.5, 0.6) is 0 Å². The van der Waals surface area contributed by atoms with Crippen molar-refractivity contribution in [1.29, 1.82) is 0 Å². The van der Waals surface area contributed by atoms with Gasteiger partial charge in [-0.3, -0.25) is 0 Å². The minimum atomic E-state index is -4.21. The van der Waals surface area contributed by atoms with Crippen molar-refractivity contribution in [3.63, 3.8) is 0 Å². The summed E-state index contributed by atoms with van der Waals surface area (Å²) in [7, 11) is 3.59. The Bertz CT molecular complexity index is 188. The second-order valence-corrected chi connectivity index (χ2v) is 2.85. The van der Waals surface area contributed by atoms with Gasteiger partial charge in [0, 0.05) is 21.3 Å². The van der Waals surface area contributed by atoms with Gasteiger partial charge in [0.15, 0.2) is 0 Å². The Morgan fingerprint density at radius 1 is 0.938 bits per heavy atom. The van der Waals surface area contributed by atoms with Gasteiger partial charge in [-0.1, -0.05) is 0 Å². The third-order valence-electron chi connectivity index (χ3n) is 1.83. The van der Waals surface area contributed by atoms with Crippen LogP contribution in [0, 0.1) is 0 Å². The van der Waals surface area contributed by atoms with Crippen LogP contribution in [0.4, 0.5) is 17.6 Å². The highest BCUT2D eigenvalue weighted by molar-refractivity contribution is 4.68. The topological polar surface area (TPSA) is 36.9 Å². The standard InChI is InChI=1S/C8H14F4O4/c1-13-8(14-2,15-3)5-16-4-7(11,12)6(9)10/h6H,4-5H2,1-3H3. The highest BCUT2D eigenvalue weighted by Gasteiger charge is 2.42. The van der Waals surface area contributed by atoms with E-state index in [0.29, 0.717) is 0 Å². The minimum Gasteiger partial charge on any atom is -0.367 e. The van der Waals surface area contributed by atoms with E-state index in [4.69, 9.17) is 14.2 Å². The van der Waals surface area contributed by atoms with Crippen LogP contribution in [0.3, 0.4) is 0 Å². The van der Waals surface area contributed by atoms with Crippen molar-refractivity contribution in [1.82, 2.24) is 0 Å². The maximum Gasteiger partial charge on any atom is 0.330 e. The summed E-state index contributed by atoms with van der Waals surface area (Å²) in [6.07, 6.45) is -3.78. The molecule has 0 fully saturated rings. The van der Waals surface area contributed by atoms with Crippen LogP contribution < -0.4 is 0 Å². The van der Waals surface area contributed by atoms with Crippen molar-refractivity contribution in [2.75, 3.05) is 34.5 Å². The number of halogens is 4. The second kappa shape index (κ2) is 6.33. The predicted octanol–water partition coefficient (Wildman–Crippen LogP) is 1.50. The van der Waals surface area contributed by atoms with Gasteiger partial charge in [-0.05, 0) is 0 Å². The summed E-state index contributed by atoms with van der Waals surface area (Å²) in [6, 6.07) is 0. The summed E-state index contributed by atoms with van der Waals surface area (Å²) >= 11 is 0. The van der Waals surface area contributed by atoms with Crippen LogP contribution >= 0.6 is 0 Å². The molecule has 0 rings (SSSR count). The molecule has 16 heavy (non-hydrogen) atoms. The molecule has 0 saturated carbocycles. The summed E-state index contributed by atoms with van der Waals surface area (Å²) in [5, 5.41) is 0. The van der Waals surface area contributed by atoms with Crippen LogP contribution in [0.1, 0.15) is 0 Å². The van der Waals surface area contributed by atoms with Gasteiger partial charge >= 0.3 is 18.3 Å². The van der Waals surface area contributed by atoms with E-state index in [-0.39, 0.29) is 0 Å². The highest BCUT2D eigenvalue weighted by Crippen LogP contribution is 2.23. The molecule has 0 unspecified atom stereocenters. The van der Waals surface area contributed by atoms with Crippen LogP contribution in [0.2, 0.25) is 0 Å². The van der Waals surface area contributed by atoms with Crippen LogP contribution in [-0.4, -0.2) is 52.9 Å². The molecule has 0 bridgehead atoms. The molecule has 0 amide bonds. The fourth-order valence-corrected chi connectivity index (χ4v) is 0.802. The second-order valence-electron chi connectivity index (χ2n) is 2.85. The van der Waals surface area contributed by atoms with Gasteiger partial charge in [0.2, 0.25) is 0 Å². The molecule has 0 N–H and O–H groups in total. The van der Waals surface area contributed by atoms with Crippen molar-refractivity contribution < 1.29 is 36.5 Å². The van der Waals surface area contributed by atoms with Crippen LogP contribution in [-0.2, 0) is 18.9 Å². The smallest absolute Gasteiger partial charge is 0.330 e. The van der Waals surface area contributed by atoms with Crippen molar-refractivity contribution in [2.24, 2.45) is 0 Å². The maximum absolute atomic E-state index is 12.4. The Labute approximate surface area is 90.4 Å². The van der Waals surface area contributed by atoms with Crippen LogP contribution in [0.15, 0.2) is 0 Å². The molecule has 0 aromatic carbocycles. The number of hydrogen-bond donors (Lipinski definition) is 0. The van der Waals surface area contributed by atoms with Gasteiger partial charge in [-0.15, -0.1) is 0 Å². The molecule has 4 nitrogen and oxygen atoms in total.